The van der Waals surface area contributed by atoms with Crippen LogP contribution in [0, 0.1) is 0 Å². The van der Waals surface area contributed by atoms with Crippen LogP contribution >= 0.6 is 15.9 Å². The van der Waals surface area contributed by atoms with Gasteiger partial charge in [0.25, 0.3) is 0 Å². The zero-order chi connectivity index (χ0) is 13.5. The van der Waals surface area contributed by atoms with Crippen molar-refractivity contribution >= 4 is 32.8 Å². The van der Waals surface area contributed by atoms with Crippen LogP contribution in [0.2, 0.25) is 0 Å². The molecule has 1 heterocycles. The first-order chi connectivity index (χ1) is 9.14. The first-order valence-electron chi connectivity index (χ1n) is 6.39. The van der Waals surface area contributed by atoms with Crippen molar-refractivity contribution in [2.24, 2.45) is 0 Å². The molecule has 1 saturated carbocycles. The summed E-state index contributed by atoms with van der Waals surface area (Å²) in [6.07, 6.45) is 6.26. The molecule has 0 unspecified atom stereocenters. The Morgan fingerprint density at radius 2 is 2.16 bits per heavy atom. The van der Waals surface area contributed by atoms with Crippen molar-refractivity contribution < 1.29 is 9.53 Å². The normalized spacial score (nSPS) is 17.8. The Bertz CT molecular complexity index is 629. The Hall–Kier alpha value is -1.36. The van der Waals surface area contributed by atoms with E-state index in [1.807, 2.05) is 6.07 Å². The number of aromatic amines is 1. The SMILES string of the molecule is COC(=O)c1cc(C2(Br)CCCC2)cc2[nH]ncc12. The first kappa shape index (κ1) is 12.7. The van der Waals surface area contributed by atoms with Crippen molar-refractivity contribution in [2.45, 2.75) is 30.0 Å². The van der Waals surface area contributed by atoms with Gasteiger partial charge in [0.05, 0.1) is 28.7 Å². The Morgan fingerprint density at radius 3 is 2.84 bits per heavy atom. The van der Waals surface area contributed by atoms with Gasteiger partial charge in [-0.3, -0.25) is 5.10 Å². The standard InChI is InChI=1S/C14H15BrN2O2/c1-19-13(18)10-6-9(14(15)4-2-3-5-14)7-12-11(10)8-16-17-12/h6-8H,2-5H2,1H3,(H,16,17). The highest BCUT2D eigenvalue weighted by molar-refractivity contribution is 9.09. The summed E-state index contributed by atoms with van der Waals surface area (Å²) in [4.78, 5) is 11.9. The lowest BCUT2D eigenvalue weighted by Crippen LogP contribution is -2.14. The minimum absolute atomic E-state index is 0.0188. The summed E-state index contributed by atoms with van der Waals surface area (Å²) < 4.78 is 4.85. The largest absolute Gasteiger partial charge is 0.465 e. The number of rotatable bonds is 2. The summed E-state index contributed by atoms with van der Waals surface area (Å²) in [7, 11) is 1.40. The van der Waals surface area contributed by atoms with Gasteiger partial charge >= 0.3 is 5.97 Å². The fraction of sp³-hybridized carbons (Fsp3) is 0.429. The van der Waals surface area contributed by atoms with Gasteiger partial charge in [-0.2, -0.15) is 5.10 Å². The summed E-state index contributed by atoms with van der Waals surface area (Å²) in [5, 5.41) is 7.77. The average Bonchev–Trinajstić information content (AvgIpc) is 3.05. The van der Waals surface area contributed by atoms with E-state index in [1.165, 1.54) is 20.0 Å². The monoisotopic (exact) mass is 322 g/mol. The molecule has 1 N–H and O–H groups in total. The van der Waals surface area contributed by atoms with Crippen LogP contribution in [0.3, 0.4) is 0 Å². The van der Waals surface area contributed by atoms with Crippen LogP contribution in [0.25, 0.3) is 10.9 Å². The summed E-state index contributed by atoms with van der Waals surface area (Å²) in [5.74, 6) is -0.317. The number of benzene rings is 1. The lowest BCUT2D eigenvalue weighted by atomic mass is 9.94. The highest BCUT2D eigenvalue weighted by atomic mass is 79.9. The molecule has 1 aliphatic rings. The van der Waals surface area contributed by atoms with Crippen LogP contribution in [0.5, 0.6) is 0 Å². The third-order valence-electron chi connectivity index (χ3n) is 3.88. The number of esters is 1. The van der Waals surface area contributed by atoms with Gasteiger partial charge in [-0.15, -0.1) is 0 Å². The molecular formula is C14H15BrN2O2. The zero-order valence-corrected chi connectivity index (χ0v) is 12.3. The summed E-state index contributed by atoms with van der Waals surface area (Å²) in [6.45, 7) is 0. The fourth-order valence-corrected chi connectivity index (χ4v) is 3.60. The molecule has 0 radical (unpaired) electrons. The maximum Gasteiger partial charge on any atom is 0.338 e. The van der Waals surface area contributed by atoms with Gasteiger partial charge in [-0.1, -0.05) is 28.8 Å². The molecule has 4 nitrogen and oxygen atoms in total. The lowest BCUT2D eigenvalue weighted by molar-refractivity contribution is 0.0603. The Morgan fingerprint density at radius 1 is 1.42 bits per heavy atom. The quantitative estimate of drug-likeness (QED) is 0.680. The molecule has 0 bridgehead atoms. The number of aromatic nitrogens is 2. The third kappa shape index (κ3) is 2.06. The molecule has 1 aliphatic carbocycles. The highest BCUT2D eigenvalue weighted by Crippen LogP contribution is 2.47. The summed E-state index contributed by atoms with van der Waals surface area (Å²) in [5.41, 5.74) is 2.58. The van der Waals surface area contributed by atoms with Crippen LogP contribution in [0.15, 0.2) is 18.3 Å². The molecule has 3 rings (SSSR count). The van der Waals surface area contributed by atoms with E-state index in [0.717, 1.165) is 29.3 Å². The molecule has 1 aromatic carbocycles. The van der Waals surface area contributed by atoms with Gasteiger partial charge in [-0.05, 0) is 30.5 Å². The van der Waals surface area contributed by atoms with Crippen molar-refractivity contribution in [1.82, 2.24) is 10.2 Å². The molecule has 19 heavy (non-hydrogen) atoms. The van der Waals surface area contributed by atoms with E-state index >= 15 is 0 Å². The molecule has 0 amide bonds. The van der Waals surface area contributed by atoms with Crippen molar-refractivity contribution in [3.05, 3.63) is 29.5 Å². The van der Waals surface area contributed by atoms with Crippen LogP contribution < -0.4 is 0 Å². The van der Waals surface area contributed by atoms with Crippen molar-refractivity contribution in [3.63, 3.8) is 0 Å². The number of methoxy groups -OCH3 is 1. The number of fused-ring (bicyclic) bond motifs is 1. The van der Waals surface area contributed by atoms with Gasteiger partial charge in [0.15, 0.2) is 0 Å². The van der Waals surface area contributed by atoms with Crippen LogP contribution in [-0.4, -0.2) is 23.3 Å². The molecule has 0 spiro atoms. The van der Waals surface area contributed by atoms with E-state index in [9.17, 15) is 4.79 Å². The predicted octanol–water partition coefficient (Wildman–Crippen LogP) is 3.51. The second-order valence-electron chi connectivity index (χ2n) is 5.02. The van der Waals surface area contributed by atoms with Gasteiger partial charge in [-0.25, -0.2) is 4.79 Å². The number of carbonyl (C=O) groups is 1. The Labute approximate surface area is 119 Å². The number of H-pyrrole nitrogens is 1. The average molecular weight is 323 g/mol. The van der Waals surface area contributed by atoms with E-state index in [4.69, 9.17) is 4.74 Å². The number of hydrogen-bond donors (Lipinski definition) is 1. The van der Waals surface area contributed by atoms with Crippen LogP contribution in [0.1, 0.15) is 41.6 Å². The molecule has 0 atom stereocenters. The zero-order valence-electron chi connectivity index (χ0n) is 10.7. The minimum atomic E-state index is -0.317. The van der Waals surface area contributed by atoms with Gasteiger partial charge in [0, 0.05) is 5.39 Å². The first-order valence-corrected chi connectivity index (χ1v) is 7.18. The number of halogens is 1. The van der Waals surface area contributed by atoms with E-state index in [1.54, 1.807) is 6.20 Å². The number of hydrogen-bond acceptors (Lipinski definition) is 3. The molecule has 100 valence electrons. The second-order valence-corrected chi connectivity index (χ2v) is 6.54. The van der Waals surface area contributed by atoms with Crippen molar-refractivity contribution in [2.75, 3.05) is 7.11 Å². The molecule has 0 aliphatic heterocycles. The molecule has 1 aromatic heterocycles. The lowest BCUT2D eigenvalue weighted by Gasteiger charge is -2.22. The second kappa shape index (κ2) is 4.63. The van der Waals surface area contributed by atoms with Crippen molar-refractivity contribution in [1.29, 1.82) is 0 Å². The molecule has 0 saturated heterocycles. The Balaban J connectivity index is 2.18. The molecule has 2 aromatic rings. The van der Waals surface area contributed by atoms with E-state index in [-0.39, 0.29) is 10.3 Å². The minimum Gasteiger partial charge on any atom is -0.465 e. The summed E-state index contributed by atoms with van der Waals surface area (Å²) >= 11 is 3.85. The number of alkyl halides is 1. The van der Waals surface area contributed by atoms with Crippen LogP contribution in [-0.2, 0) is 9.06 Å². The van der Waals surface area contributed by atoms with E-state index < -0.39 is 0 Å². The van der Waals surface area contributed by atoms with Gasteiger partial charge in [0.2, 0.25) is 0 Å². The highest BCUT2D eigenvalue weighted by Gasteiger charge is 2.34. The predicted molar refractivity (Wildman–Crippen MR) is 76.5 cm³/mol. The maximum atomic E-state index is 11.9. The fourth-order valence-electron chi connectivity index (χ4n) is 2.81. The number of carbonyl (C=O) groups excluding carboxylic acids is 1. The topological polar surface area (TPSA) is 55.0 Å². The molecular weight excluding hydrogens is 308 g/mol. The molecule has 5 heteroatoms. The van der Waals surface area contributed by atoms with E-state index in [0.29, 0.717) is 5.56 Å². The third-order valence-corrected chi connectivity index (χ3v) is 5.13. The smallest absolute Gasteiger partial charge is 0.338 e. The number of nitrogens with zero attached hydrogens (tertiary/aromatic N) is 1. The van der Waals surface area contributed by atoms with Crippen LogP contribution in [0.4, 0.5) is 0 Å². The van der Waals surface area contributed by atoms with Crippen molar-refractivity contribution in [3.8, 4) is 0 Å². The molecule has 1 fully saturated rings. The van der Waals surface area contributed by atoms with Gasteiger partial charge in [0.1, 0.15) is 0 Å². The maximum absolute atomic E-state index is 11.9. The number of nitrogens with one attached hydrogen (secondary N) is 1. The van der Waals surface area contributed by atoms with Gasteiger partial charge < -0.3 is 4.74 Å². The number of ether oxygens (including phenoxy) is 1. The summed E-state index contributed by atoms with van der Waals surface area (Å²) in [6, 6.07) is 4.01. The van der Waals surface area contributed by atoms with E-state index in [2.05, 4.69) is 32.2 Å². The Kier molecular flexibility index (Phi) is 3.09.